The zero-order valence-corrected chi connectivity index (χ0v) is 16.4. The van der Waals surface area contributed by atoms with Crippen molar-refractivity contribution < 1.29 is 22.0 Å². The molecule has 28 heavy (non-hydrogen) atoms. The lowest BCUT2D eigenvalue weighted by atomic mass is 10.0. The van der Waals surface area contributed by atoms with Gasteiger partial charge in [0.25, 0.3) is 0 Å². The largest absolute Gasteiger partial charge is 1.00 e. The van der Waals surface area contributed by atoms with Gasteiger partial charge in [-0.05, 0) is 30.3 Å². The number of H-pyrrole nitrogens is 1. The Kier molecular flexibility index (Phi) is 5.38. The van der Waals surface area contributed by atoms with Crippen LogP contribution in [-0.4, -0.2) is 11.5 Å². The van der Waals surface area contributed by atoms with E-state index in [0.29, 0.717) is 0 Å². The molecule has 1 aromatic heterocycles. The number of fused-ring (bicyclic) bond motifs is 3. The Balaban J connectivity index is 0.00000192. The summed E-state index contributed by atoms with van der Waals surface area (Å²) in [4.78, 5) is 5.24. The number of ether oxygens (including phenoxy) is 1. The standard InChI is InChI=1S/C24H22N2O.ClH/c1-3-7-18(8-4-1)16-26-14-13-24-22(17-26)21-15-20(11-12-23(21)25-24)27-19-9-5-2-6-10-19;/h1-12,15,25H,13-14,16-17H2;1H. The average molecular weight is 391 g/mol. The van der Waals surface area contributed by atoms with Crippen molar-refractivity contribution in [2.75, 3.05) is 6.54 Å². The first-order chi connectivity index (χ1) is 13.3. The number of para-hydroxylation sites is 1. The predicted octanol–water partition coefficient (Wildman–Crippen LogP) is 1.11. The Hall–Kier alpha value is -2.75. The lowest BCUT2D eigenvalue weighted by molar-refractivity contribution is -0.929. The van der Waals surface area contributed by atoms with Gasteiger partial charge in [0.15, 0.2) is 0 Å². The minimum atomic E-state index is 0. The average Bonchev–Trinajstić information content (AvgIpc) is 3.07. The van der Waals surface area contributed by atoms with Gasteiger partial charge in [0.05, 0.1) is 6.54 Å². The molecule has 4 aromatic rings. The maximum absolute atomic E-state index is 6.05. The topological polar surface area (TPSA) is 29.5 Å². The van der Waals surface area contributed by atoms with E-state index in [2.05, 4.69) is 47.4 Å². The monoisotopic (exact) mass is 390 g/mol. The van der Waals surface area contributed by atoms with Crippen molar-refractivity contribution in [3.05, 3.63) is 95.7 Å². The maximum Gasteiger partial charge on any atom is 0.128 e. The van der Waals surface area contributed by atoms with Crippen LogP contribution in [0.25, 0.3) is 10.9 Å². The fraction of sp³-hybridized carbons (Fsp3) is 0.167. The van der Waals surface area contributed by atoms with Crippen LogP contribution >= 0.6 is 0 Å². The molecule has 3 aromatic carbocycles. The van der Waals surface area contributed by atoms with Crippen molar-refractivity contribution >= 4 is 10.9 Å². The summed E-state index contributed by atoms with van der Waals surface area (Å²) in [7, 11) is 0. The normalized spacial score (nSPS) is 15.6. The van der Waals surface area contributed by atoms with Crippen LogP contribution in [0, 0.1) is 0 Å². The Morgan fingerprint density at radius 1 is 0.857 bits per heavy atom. The first-order valence-electron chi connectivity index (χ1n) is 9.59. The van der Waals surface area contributed by atoms with Gasteiger partial charge in [-0.2, -0.15) is 0 Å². The lowest BCUT2D eigenvalue weighted by Gasteiger charge is -2.24. The zero-order valence-electron chi connectivity index (χ0n) is 15.6. The van der Waals surface area contributed by atoms with Crippen molar-refractivity contribution in [1.29, 1.82) is 0 Å². The van der Waals surface area contributed by atoms with E-state index < -0.39 is 0 Å². The van der Waals surface area contributed by atoms with Crippen LogP contribution in [0.15, 0.2) is 78.9 Å². The summed E-state index contributed by atoms with van der Waals surface area (Å²) in [6, 6.07) is 27.1. The predicted molar refractivity (Wildman–Crippen MR) is 108 cm³/mol. The van der Waals surface area contributed by atoms with Crippen molar-refractivity contribution in [2.45, 2.75) is 19.5 Å². The van der Waals surface area contributed by atoms with Crippen LogP contribution in [0.5, 0.6) is 11.5 Å². The van der Waals surface area contributed by atoms with Gasteiger partial charge in [-0.25, -0.2) is 0 Å². The molecule has 2 N–H and O–H groups in total. The number of aromatic nitrogens is 1. The maximum atomic E-state index is 6.05. The quantitative estimate of drug-likeness (QED) is 0.537. The van der Waals surface area contributed by atoms with Gasteiger partial charge < -0.3 is 27.0 Å². The lowest BCUT2D eigenvalue weighted by Crippen LogP contribution is -3.10. The second kappa shape index (κ2) is 8.09. The van der Waals surface area contributed by atoms with Crippen molar-refractivity contribution in [3.63, 3.8) is 0 Å². The molecule has 5 rings (SSSR count). The molecule has 2 heterocycles. The number of aromatic amines is 1. The summed E-state index contributed by atoms with van der Waals surface area (Å²) in [6.07, 6.45) is 1.10. The van der Waals surface area contributed by atoms with Gasteiger partial charge in [-0.3, -0.25) is 0 Å². The molecule has 0 saturated carbocycles. The molecule has 0 amide bonds. The highest BCUT2D eigenvalue weighted by Gasteiger charge is 2.24. The molecule has 1 aliphatic heterocycles. The molecule has 0 radical (unpaired) electrons. The van der Waals surface area contributed by atoms with Crippen LogP contribution in [0.3, 0.4) is 0 Å². The van der Waals surface area contributed by atoms with Crippen LogP contribution in [-0.2, 0) is 19.5 Å². The summed E-state index contributed by atoms with van der Waals surface area (Å²) < 4.78 is 6.05. The molecule has 0 spiro atoms. The molecule has 3 nitrogen and oxygen atoms in total. The Labute approximate surface area is 171 Å². The van der Waals surface area contributed by atoms with Crippen LogP contribution < -0.4 is 22.0 Å². The van der Waals surface area contributed by atoms with E-state index in [4.69, 9.17) is 4.74 Å². The van der Waals surface area contributed by atoms with Gasteiger partial charge in [0, 0.05) is 34.1 Å². The minimum Gasteiger partial charge on any atom is -1.00 e. The summed E-state index contributed by atoms with van der Waals surface area (Å²) in [5.41, 5.74) is 5.45. The Morgan fingerprint density at radius 2 is 1.61 bits per heavy atom. The number of hydrogen-bond donors (Lipinski definition) is 2. The first kappa shape index (κ1) is 18.6. The Bertz CT molecular complexity index is 1060. The first-order valence-corrected chi connectivity index (χ1v) is 9.59. The number of benzene rings is 3. The molecular weight excluding hydrogens is 368 g/mol. The number of quaternary nitrogens is 1. The minimum absolute atomic E-state index is 0. The zero-order chi connectivity index (χ0) is 18.1. The SMILES string of the molecule is [Cl-].c1ccc(C[NH+]2CCc3[nH]c4ccc(Oc5ccccc5)cc4c3C2)cc1. The number of halogens is 1. The second-order valence-electron chi connectivity index (χ2n) is 7.29. The highest BCUT2D eigenvalue weighted by atomic mass is 35.5. The summed E-state index contributed by atoms with van der Waals surface area (Å²) in [6.45, 7) is 3.30. The van der Waals surface area contributed by atoms with Gasteiger partial charge in [-0.1, -0.05) is 48.5 Å². The third-order valence-corrected chi connectivity index (χ3v) is 5.40. The van der Waals surface area contributed by atoms with E-state index in [0.717, 1.165) is 31.0 Å². The molecule has 0 saturated heterocycles. The smallest absolute Gasteiger partial charge is 0.128 e. The molecule has 1 aliphatic rings. The van der Waals surface area contributed by atoms with Crippen LogP contribution in [0.2, 0.25) is 0 Å². The van der Waals surface area contributed by atoms with E-state index >= 15 is 0 Å². The van der Waals surface area contributed by atoms with Gasteiger partial charge in [0.2, 0.25) is 0 Å². The molecule has 0 bridgehead atoms. The fourth-order valence-corrected chi connectivity index (χ4v) is 4.06. The van der Waals surface area contributed by atoms with Crippen molar-refractivity contribution in [1.82, 2.24) is 4.98 Å². The molecule has 1 unspecified atom stereocenters. The summed E-state index contributed by atoms with van der Waals surface area (Å²) in [5.74, 6) is 1.77. The number of rotatable bonds is 4. The molecular formula is C24H23ClN2O. The van der Waals surface area contributed by atoms with E-state index in [1.165, 1.54) is 34.3 Å². The molecule has 142 valence electrons. The molecule has 0 aliphatic carbocycles. The highest BCUT2D eigenvalue weighted by Crippen LogP contribution is 2.30. The highest BCUT2D eigenvalue weighted by molar-refractivity contribution is 5.86. The van der Waals surface area contributed by atoms with Crippen molar-refractivity contribution in [2.24, 2.45) is 0 Å². The van der Waals surface area contributed by atoms with E-state index in [9.17, 15) is 0 Å². The van der Waals surface area contributed by atoms with Crippen molar-refractivity contribution in [3.8, 4) is 11.5 Å². The van der Waals surface area contributed by atoms with Gasteiger partial charge in [0.1, 0.15) is 24.6 Å². The number of nitrogens with one attached hydrogen (secondary N) is 2. The molecule has 1 atom stereocenters. The van der Waals surface area contributed by atoms with E-state index in [1.54, 1.807) is 4.90 Å². The summed E-state index contributed by atoms with van der Waals surface area (Å²) >= 11 is 0. The third-order valence-electron chi connectivity index (χ3n) is 5.40. The van der Waals surface area contributed by atoms with Crippen LogP contribution in [0.1, 0.15) is 16.8 Å². The van der Waals surface area contributed by atoms with Gasteiger partial charge in [-0.15, -0.1) is 0 Å². The number of hydrogen-bond acceptors (Lipinski definition) is 1. The van der Waals surface area contributed by atoms with Gasteiger partial charge >= 0.3 is 0 Å². The molecule has 0 fully saturated rings. The molecule has 4 heteroatoms. The Morgan fingerprint density at radius 3 is 2.39 bits per heavy atom. The van der Waals surface area contributed by atoms with Crippen LogP contribution in [0.4, 0.5) is 0 Å². The van der Waals surface area contributed by atoms with E-state index in [1.807, 2.05) is 36.4 Å². The third kappa shape index (κ3) is 3.77. The fourth-order valence-electron chi connectivity index (χ4n) is 4.06. The van der Waals surface area contributed by atoms with E-state index in [-0.39, 0.29) is 12.4 Å². The summed E-state index contributed by atoms with van der Waals surface area (Å²) in [5, 5.41) is 1.30. The second-order valence-corrected chi connectivity index (χ2v) is 7.29.